The maximum absolute atomic E-state index is 11.0. The highest BCUT2D eigenvalue weighted by molar-refractivity contribution is 7.90. The van der Waals surface area contributed by atoms with Crippen molar-refractivity contribution in [1.82, 2.24) is 4.90 Å². The second-order valence-corrected chi connectivity index (χ2v) is 6.07. The van der Waals surface area contributed by atoms with Crippen molar-refractivity contribution in [3.05, 3.63) is 0 Å². The van der Waals surface area contributed by atoms with Crippen LogP contribution in [-0.4, -0.2) is 68.7 Å². The van der Waals surface area contributed by atoms with E-state index in [4.69, 9.17) is 15.7 Å². The lowest BCUT2D eigenvalue weighted by Gasteiger charge is -2.31. The highest BCUT2D eigenvalue weighted by atomic mass is 32.2. The summed E-state index contributed by atoms with van der Waals surface area (Å²) in [7, 11) is -2.96. The maximum atomic E-state index is 11.0. The van der Waals surface area contributed by atoms with Gasteiger partial charge in [0, 0.05) is 25.9 Å². The van der Waals surface area contributed by atoms with E-state index in [0.717, 1.165) is 0 Å². The molecule has 1 aliphatic rings. The van der Waals surface area contributed by atoms with Gasteiger partial charge >= 0.3 is 0 Å². The number of ether oxygens (including phenoxy) is 1. The third kappa shape index (κ3) is 4.33. The molecule has 0 aromatic carbocycles. The molecule has 0 amide bonds. The third-order valence-corrected chi connectivity index (χ3v) is 3.30. The monoisotopic (exact) mass is 251 g/mol. The van der Waals surface area contributed by atoms with Gasteiger partial charge in [0.25, 0.3) is 0 Å². The number of nitrogens with two attached hydrogens (primary N) is 1. The molecule has 0 spiro atoms. The average molecular weight is 251 g/mol. The summed E-state index contributed by atoms with van der Waals surface area (Å²) in [6.07, 6.45) is 0.743. The Hall–Kier alpha value is -0.860. The molecule has 0 aliphatic carbocycles. The number of rotatable bonds is 4. The van der Waals surface area contributed by atoms with Gasteiger partial charge in [-0.15, -0.1) is 0 Å². The van der Waals surface area contributed by atoms with Crippen LogP contribution >= 0.6 is 0 Å². The number of hydrogen-bond donors (Lipinski definition) is 2. The first kappa shape index (κ1) is 13.2. The lowest BCUT2D eigenvalue weighted by molar-refractivity contribution is 0.00714. The Kier molecular flexibility index (Phi) is 4.51. The molecule has 1 atom stereocenters. The molecule has 8 heteroatoms. The van der Waals surface area contributed by atoms with Crippen molar-refractivity contribution in [3.8, 4) is 0 Å². The van der Waals surface area contributed by atoms with Crippen LogP contribution in [0.25, 0.3) is 0 Å². The largest absolute Gasteiger partial charge is 0.409 e. The van der Waals surface area contributed by atoms with Crippen molar-refractivity contribution in [2.24, 2.45) is 10.9 Å². The molecule has 0 bridgehead atoms. The Labute approximate surface area is 94.8 Å². The van der Waals surface area contributed by atoms with E-state index in [-0.39, 0.29) is 11.6 Å². The summed E-state index contributed by atoms with van der Waals surface area (Å²) in [5.74, 6) is 0.125. The van der Waals surface area contributed by atoms with E-state index in [1.54, 1.807) is 0 Å². The number of amidine groups is 1. The molecule has 0 aromatic rings. The molecule has 0 aromatic heterocycles. The summed E-state index contributed by atoms with van der Waals surface area (Å²) < 4.78 is 27.3. The van der Waals surface area contributed by atoms with Gasteiger partial charge in [0.1, 0.15) is 15.9 Å². The van der Waals surface area contributed by atoms with Gasteiger partial charge in [0.05, 0.1) is 12.4 Å². The first-order valence-electron chi connectivity index (χ1n) is 4.91. The second-order valence-electron chi connectivity index (χ2n) is 3.81. The van der Waals surface area contributed by atoms with Gasteiger partial charge in [-0.1, -0.05) is 5.16 Å². The standard InChI is InChI=1S/C8H17N3O4S/c1-16(13,14)5-3-11-2-4-15-7(6-11)8(9)10-12/h7,12H,2-6H2,1H3,(H2,9,10). The van der Waals surface area contributed by atoms with Crippen LogP contribution in [0.5, 0.6) is 0 Å². The first-order valence-corrected chi connectivity index (χ1v) is 6.97. The van der Waals surface area contributed by atoms with E-state index in [1.807, 2.05) is 4.90 Å². The molecule has 0 radical (unpaired) electrons. The summed E-state index contributed by atoms with van der Waals surface area (Å²) in [4.78, 5) is 1.92. The van der Waals surface area contributed by atoms with Crippen molar-refractivity contribution in [2.75, 3.05) is 38.2 Å². The van der Waals surface area contributed by atoms with E-state index < -0.39 is 15.9 Å². The minimum Gasteiger partial charge on any atom is -0.409 e. The Morgan fingerprint density at radius 1 is 1.69 bits per heavy atom. The van der Waals surface area contributed by atoms with Crippen molar-refractivity contribution < 1.29 is 18.4 Å². The van der Waals surface area contributed by atoms with Crippen molar-refractivity contribution in [3.63, 3.8) is 0 Å². The van der Waals surface area contributed by atoms with Crippen LogP contribution in [0, 0.1) is 0 Å². The van der Waals surface area contributed by atoms with Crippen molar-refractivity contribution in [2.45, 2.75) is 6.10 Å². The number of hydrogen-bond acceptors (Lipinski definition) is 6. The van der Waals surface area contributed by atoms with Gasteiger partial charge in [0.15, 0.2) is 5.84 Å². The molecule has 1 aliphatic heterocycles. The summed E-state index contributed by atoms with van der Waals surface area (Å²) in [5.41, 5.74) is 5.42. The lowest BCUT2D eigenvalue weighted by Crippen LogP contribution is -2.49. The predicted octanol–water partition coefficient (Wildman–Crippen LogP) is -1.52. The third-order valence-electron chi connectivity index (χ3n) is 2.37. The quantitative estimate of drug-likeness (QED) is 0.272. The highest BCUT2D eigenvalue weighted by Gasteiger charge is 2.24. The Bertz CT molecular complexity index is 354. The summed E-state index contributed by atoms with van der Waals surface area (Å²) in [5, 5.41) is 11.4. The van der Waals surface area contributed by atoms with Crippen LogP contribution in [0.15, 0.2) is 5.16 Å². The summed E-state index contributed by atoms with van der Waals surface area (Å²) in [6.45, 7) is 2.00. The van der Waals surface area contributed by atoms with E-state index in [1.165, 1.54) is 6.26 Å². The molecule has 1 heterocycles. The molecular formula is C8H17N3O4S. The van der Waals surface area contributed by atoms with Gasteiger partial charge < -0.3 is 15.7 Å². The predicted molar refractivity (Wildman–Crippen MR) is 59.3 cm³/mol. The molecule has 1 rings (SSSR count). The van der Waals surface area contributed by atoms with E-state index in [9.17, 15) is 8.42 Å². The van der Waals surface area contributed by atoms with E-state index >= 15 is 0 Å². The van der Waals surface area contributed by atoms with Crippen LogP contribution < -0.4 is 5.73 Å². The maximum Gasteiger partial charge on any atom is 0.169 e. The van der Waals surface area contributed by atoms with Gasteiger partial charge in [-0.3, -0.25) is 4.90 Å². The molecule has 1 fully saturated rings. The summed E-state index contributed by atoms with van der Waals surface area (Å²) >= 11 is 0. The minimum absolute atomic E-state index is 0.0176. The molecular weight excluding hydrogens is 234 g/mol. The number of morpholine rings is 1. The Morgan fingerprint density at radius 3 is 2.94 bits per heavy atom. The normalized spacial score (nSPS) is 24.6. The zero-order valence-corrected chi connectivity index (χ0v) is 9.98. The van der Waals surface area contributed by atoms with Gasteiger partial charge in [-0.25, -0.2) is 8.42 Å². The van der Waals surface area contributed by atoms with E-state index in [2.05, 4.69) is 5.16 Å². The molecule has 94 valence electrons. The first-order chi connectivity index (χ1) is 7.42. The lowest BCUT2D eigenvalue weighted by atomic mass is 10.2. The molecule has 16 heavy (non-hydrogen) atoms. The topological polar surface area (TPSA) is 105 Å². The SMILES string of the molecule is CS(=O)(=O)CCN1CCOC(C(N)=NO)C1. The van der Waals surface area contributed by atoms with Crippen LogP contribution in [0.4, 0.5) is 0 Å². The van der Waals surface area contributed by atoms with Crippen LogP contribution in [-0.2, 0) is 14.6 Å². The zero-order chi connectivity index (χ0) is 12.2. The Morgan fingerprint density at radius 2 is 2.38 bits per heavy atom. The number of oxime groups is 1. The zero-order valence-electron chi connectivity index (χ0n) is 9.16. The fourth-order valence-electron chi connectivity index (χ4n) is 1.44. The highest BCUT2D eigenvalue weighted by Crippen LogP contribution is 2.05. The molecule has 3 N–H and O–H groups in total. The van der Waals surface area contributed by atoms with Gasteiger partial charge in [-0.2, -0.15) is 0 Å². The minimum atomic E-state index is -2.96. The Balaban J connectivity index is 2.45. The molecule has 1 unspecified atom stereocenters. The number of sulfone groups is 1. The molecule has 0 saturated carbocycles. The van der Waals surface area contributed by atoms with Crippen LogP contribution in [0.1, 0.15) is 0 Å². The van der Waals surface area contributed by atoms with Crippen molar-refractivity contribution >= 4 is 15.7 Å². The number of nitrogens with zero attached hydrogens (tertiary/aromatic N) is 2. The smallest absolute Gasteiger partial charge is 0.169 e. The fraction of sp³-hybridized carbons (Fsp3) is 0.875. The average Bonchev–Trinajstić information content (AvgIpc) is 2.25. The molecule has 7 nitrogen and oxygen atoms in total. The molecule has 1 saturated heterocycles. The second kappa shape index (κ2) is 5.46. The summed E-state index contributed by atoms with van der Waals surface area (Å²) in [6, 6.07) is 0. The van der Waals surface area contributed by atoms with Crippen LogP contribution in [0.3, 0.4) is 0 Å². The van der Waals surface area contributed by atoms with Gasteiger partial charge in [0.2, 0.25) is 0 Å². The van der Waals surface area contributed by atoms with E-state index in [0.29, 0.717) is 26.2 Å². The van der Waals surface area contributed by atoms with Crippen molar-refractivity contribution in [1.29, 1.82) is 0 Å². The van der Waals surface area contributed by atoms with Gasteiger partial charge in [-0.05, 0) is 0 Å². The van der Waals surface area contributed by atoms with Crippen LogP contribution in [0.2, 0.25) is 0 Å². The fourth-order valence-corrected chi connectivity index (χ4v) is 2.03.